The minimum atomic E-state index is 0.364. The first kappa shape index (κ1) is 23.5. The minimum Gasteiger partial charge on any atom is -0.384 e. The fourth-order valence-corrected chi connectivity index (χ4v) is 9.30. The molecule has 4 saturated heterocycles. The molecule has 0 radical (unpaired) electrons. The highest BCUT2D eigenvalue weighted by molar-refractivity contribution is 5.13. The third-order valence-electron chi connectivity index (χ3n) is 10.5. The summed E-state index contributed by atoms with van der Waals surface area (Å²) in [5.41, 5.74) is 0.364. The average Bonchev–Trinajstić information content (AvgIpc) is 3.39. The molecule has 5 aliphatic rings. The minimum absolute atomic E-state index is 0.364. The Kier molecular flexibility index (Phi) is 7.19. The zero-order valence-electron chi connectivity index (χ0n) is 21.0. The maximum absolute atomic E-state index is 5.64. The van der Waals surface area contributed by atoms with Crippen LogP contribution in [0, 0.1) is 35.5 Å². The van der Waals surface area contributed by atoms with Gasteiger partial charge in [-0.2, -0.15) is 0 Å². The van der Waals surface area contributed by atoms with Gasteiger partial charge in [0, 0.05) is 43.9 Å². The van der Waals surface area contributed by atoms with Crippen molar-refractivity contribution in [2.24, 2.45) is 35.5 Å². The van der Waals surface area contributed by atoms with Gasteiger partial charge in [0.1, 0.15) is 0 Å². The highest BCUT2D eigenvalue weighted by atomic mass is 16.5. The molecule has 0 aromatic carbocycles. The van der Waals surface area contributed by atoms with Gasteiger partial charge in [-0.1, -0.05) is 0 Å². The Bertz CT molecular complexity index is 633. The summed E-state index contributed by atoms with van der Waals surface area (Å²) < 4.78 is 5.64. The van der Waals surface area contributed by atoms with Crippen LogP contribution in [0.4, 0.5) is 0 Å². The maximum Gasteiger partial charge on any atom is 0.0491 e. The lowest BCUT2D eigenvalue weighted by molar-refractivity contribution is -0.0459. The predicted molar refractivity (Wildman–Crippen MR) is 131 cm³/mol. The third-order valence-corrected chi connectivity index (χ3v) is 10.5. The maximum atomic E-state index is 5.64. The van der Waals surface area contributed by atoms with Gasteiger partial charge in [-0.3, -0.25) is 4.90 Å². The van der Waals surface area contributed by atoms with E-state index in [2.05, 4.69) is 47.3 Å². The van der Waals surface area contributed by atoms with Crippen molar-refractivity contribution in [3.05, 3.63) is 0 Å². The van der Waals surface area contributed by atoms with Crippen LogP contribution in [0.2, 0.25) is 0 Å². The Labute approximate surface area is 196 Å². The fourth-order valence-electron chi connectivity index (χ4n) is 9.30. The monoisotopic (exact) mass is 447 g/mol. The van der Waals surface area contributed by atoms with E-state index in [0.717, 1.165) is 54.7 Å². The van der Waals surface area contributed by atoms with Crippen molar-refractivity contribution < 1.29 is 4.74 Å². The van der Waals surface area contributed by atoms with Gasteiger partial charge in [-0.15, -0.1) is 0 Å². The summed E-state index contributed by atoms with van der Waals surface area (Å²) in [6, 6.07) is 2.06. The second kappa shape index (κ2) is 9.79. The molecule has 0 amide bonds. The van der Waals surface area contributed by atoms with Crippen LogP contribution < -0.4 is 21.3 Å². The van der Waals surface area contributed by atoms with Crippen molar-refractivity contribution in [3.63, 3.8) is 0 Å². The molecule has 2 bridgehead atoms. The lowest BCUT2D eigenvalue weighted by Crippen LogP contribution is -2.64. The topological polar surface area (TPSA) is 60.6 Å². The Hall–Kier alpha value is -0.240. The van der Waals surface area contributed by atoms with Crippen LogP contribution in [-0.2, 0) is 4.74 Å². The molecule has 0 aromatic heterocycles. The number of methoxy groups -OCH3 is 1. The largest absolute Gasteiger partial charge is 0.384 e. The van der Waals surface area contributed by atoms with Crippen LogP contribution >= 0.6 is 0 Å². The normalized spacial score (nSPS) is 48.9. The van der Waals surface area contributed by atoms with Crippen LogP contribution in [0.1, 0.15) is 44.9 Å². The van der Waals surface area contributed by atoms with E-state index >= 15 is 0 Å². The Morgan fingerprint density at radius 1 is 1.00 bits per heavy atom. The van der Waals surface area contributed by atoms with E-state index in [0.29, 0.717) is 17.6 Å². The summed E-state index contributed by atoms with van der Waals surface area (Å²) in [7, 11) is 8.59. The number of rotatable bonds is 8. The van der Waals surface area contributed by atoms with Crippen molar-refractivity contribution >= 4 is 0 Å². The zero-order chi connectivity index (χ0) is 22.3. The second-order valence-electron chi connectivity index (χ2n) is 12.1. The number of ether oxygens (including phenoxy) is 1. The molecule has 4 aliphatic heterocycles. The van der Waals surface area contributed by atoms with Gasteiger partial charge in [-0.05, 0) is 121 Å². The van der Waals surface area contributed by atoms with Crippen molar-refractivity contribution in [1.29, 1.82) is 0 Å². The first-order chi connectivity index (χ1) is 15.6. The Morgan fingerprint density at radius 3 is 2.62 bits per heavy atom. The van der Waals surface area contributed by atoms with Gasteiger partial charge in [0.2, 0.25) is 0 Å². The Morgan fingerprint density at radius 2 is 1.84 bits per heavy atom. The number of fused-ring (bicyclic) bond motifs is 3. The number of hydrogen-bond donors (Lipinski definition) is 4. The smallest absolute Gasteiger partial charge is 0.0491 e. The van der Waals surface area contributed by atoms with Crippen LogP contribution in [0.25, 0.3) is 0 Å². The molecule has 5 fully saturated rings. The molecule has 1 saturated carbocycles. The number of nitrogens with one attached hydrogen (secondary N) is 4. The molecule has 6 nitrogen and oxygen atoms in total. The molecule has 10 unspecified atom stereocenters. The zero-order valence-corrected chi connectivity index (χ0v) is 21.0. The van der Waals surface area contributed by atoms with Gasteiger partial charge >= 0.3 is 0 Å². The number of hydrogen-bond acceptors (Lipinski definition) is 6. The molecule has 4 heterocycles. The van der Waals surface area contributed by atoms with E-state index in [9.17, 15) is 0 Å². The number of piperidine rings is 2. The van der Waals surface area contributed by atoms with Gasteiger partial charge < -0.3 is 26.0 Å². The molecule has 32 heavy (non-hydrogen) atoms. The van der Waals surface area contributed by atoms with E-state index in [-0.39, 0.29) is 0 Å². The first-order valence-electron chi connectivity index (χ1n) is 13.6. The lowest BCUT2D eigenvalue weighted by Gasteiger charge is -2.55. The van der Waals surface area contributed by atoms with Gasteiger partial charge in [0.15, 0.2) is 0 Å². The molecule has 10 atom stereocenters. The Balaban J connectivity index is 1.30. The van der Waals surface area contributed by atoms with Gasteiger partial charge in [-0.25, -0.2) is 0 Å². The highest BCUT2D eigenvalue weighted by Gasteiger charge is 2.57. The molecule has 0 spiro atoms. The van der Waals surface area contributed by atoms with E-state index < -0.39 is 0 Å². The van der Waals surface area contributed by atoms with Crippen LogP contribution in [-0.4, -0.2) is 89.6 Å². The summed E-state index contributed by atoms with van der Waals surface area (Å²) in [6.07, 6.45) is 9.55. The second-order valence-corrected chi connectivity index (χ2v) is 12.1. The highest BCUT2D eigenvalue weighted by Crippen LogP contribution is 2.53. The van der Waals surface area contributed by atoms with Crippen LogP contribution in [0.5, 0.6) is 0 Å². The fraction of sp³-hybridized carbons (Fsp3) is 1.00. The molecule has 5 rings (SSSR count). The van der Waals surface area contributed by atoms with Crippen LogP contribution in [0.15, 0.2) is 0 Å². The predicted octanol–water partition coefficient (Wildman–Crippen LogP) is 1.52. The molecule has 4 N–H and O–H groups in total. The van der Waals surface area contributed by atoms with E-state index in [1.54, 1.807) is 0 Å². The average molecular weight is 448 g/mol. The quantitative estimate of drug-likeness (QED) is 0.453. The van der Waals surface area contributed by atoms with Crippen molar-refractivity contribution in [2.75, 3.05) is 61.0 Å². The van der Waals surface area contributed by atoms with Crippen molar-refractivity contribution in [1.82, 2.24) is 26.2 Å². The van der Waals surface area contributed by atoms with Crippen molar-refractivity contribution in [2.45, 2.75) is 68.6 Å². The molecular formula is C26H49N5O. The molecule has 1 aliphatic carbocycles. The van der Waals surface area contributed by atoms with E-state index in [1.165, 1.54) is 64.6 Å². The van der Waals surface area contributed by atoms with Crippen molar-refractivity contribution in [3.8, 4) is 0 Å². The SMILES string of the molecule is CNCC1CC2CNC(C3CC(CNC)C(C45CCC(CC(COC)C4)N5C)CN3)C2C1. The standard InChI is InChI=1S/C26H49N5O/c1-27-12-17-7-19-14-30-25(22(19)9-17)24-10-20(13-28-2)23(15-29-24)26-6-5-21(31(26)3)8-18(11-26)16-32-4/h17-25,27-30H,5-16H2,1-4H3. The van der Waals surface area contributed by atoms with Crippen LogP contribution in [0.3, 0.4) is 0 Å². The third kappa shape index (κ3) is 4.07. The summed E-state index contributed by atoms with van der Waals surface area (Å²) in [4.78, 5) is 2.82. The van der Waals surface area contributed by atoms with E-state index in [4.69, 9.17) is 4.74 Å². The molecule has 6 heteroatoms. The molecular weight excluding hydrogens is 398 g/mol. The summed E-state index contributed by atoms with van der Waals surface area (Å²) >= 11 is 0. The van der Waals surface area contributed by atoms with Gasteiger partial charge in [0.05, 0.1) is 0 Å². The van der Waals surface area contributed by atoms with Gasteiger partial charge in [0.25, 0.3) is 0 Å². The summed E-state index contributed by atoms with van der Waals surface area (Å²) in [5, 5.41) is 15.1. The number of nitrogens with zero attached hydrogens (tertiary/aromatic N) is 1. The summed E-state index contributed by atoms with van der Waals surface area (Å²) in [5.74, 6) is 4.87. The molecule has 184 valence electrons. The van der Waals surface area contributed by atoms with E-state index in [1.807, 2.05) is 7.11 Å². The molecule has 0 aromatic rings. The first-order valence-corrected chi connectivity index (χ1v) is 13.6. The lowest BCUT2D eigenvalue weighted by atomic mass is 9.65. The summed E-state index contributed by atoms with van der Waals surface area (Å²) in [6.45, 7) is 5.71.